The minimum absolute atomic E-state index is 0.137. The lowest BCUT2D eigenvalue weighted by Gasteiger charge is -2.23. The molecular formula is C20H26N4O. The number of urea groups is 1. The first-order chi connectivity index (χ1) is 12.1. The van der Waals surface area contributed by atoms with E-state index in [9.17, 15) is 4.79 Å². The van der Waals surface area contributed by atoms with Gasteiger partial charge in [-0.05, 0) is 31.2 Å². The second kappa shape index (κ2) is 7.57. The molecule has 2 aromatic rings. The zero-order chi connectivity index (χ0) is 17.8. The van der Waals surface area contributed by atoms with Crippen LogP contribution in [0.3, 0.4) is 0 Å². The van der Waals surface area contributed by atoms with E-state index in [1.54, 1.807) is 11.0 Å². The molecule has 1 fully saturated rings. The van der Waals surface area contributed by atoms with Crippen LogP contribution >= 0.6 is 0 Å². The fourth-order valence-electron chi connectivity index (χ4n) is 3.12. The number of anilines is 2. The summed E-state index contributed by atoms with van der Waals surface area (Å²) in [6, 6.07) is 18.4. The molecule has 1 aliphatic rings. The molecule has 5 nitrogen and oxygen atoms in total. The van der Waals surface area contributed by atoms with E-state index in [0.29, 0.717) is 29.9 Å². The molecule has 2 amide bonds. The van der Waals surface area contributed by atoms with Crippen LogP contribution in [0.1, 0.15) is 17.9 Å². The molecule has 0 heterocycles. The van der Waals surface area contributed by atoms with Gasteiger partial charge in [-0.2, -0.15) is 0 Å². The van der Waals surface area contributed by atoms with Crippen LogP contribution in [0.2, 0.25) is 0 Å². The van der Waals surface area contributed by atoms with Crippen molar-refractivity contribution in [2.75, 3.05) is 38.2 Å². The van der Waals surface area contributed by atoms with Crippen LogP contribution in [-0.2, 0) is 0 Å². The maximum absolute atomic E-state index is 12.3. The normalized spacial score (nSPS) is 18.8. The van der Waals surface area contributed by atoms with Crippen molar-refractivity contribution in [3.8, 4) is 0 Å². The number of likely N-dealkylation sites (N-methyl/N-ethyl adjacent to an activating group) is 2. The molecule has 2 unspecified atom stereocenters. The van der Waals surface area contributed by atoms with Gasteiger partial charge in [0.1, 0.15) is 0 Å². The molecule has 25 heavy (non-hydrogen) atoms. The predicted molar refractivity (Wildman–Crippen MR) is 103 cm³/mol. The number of carbonyl (C=O) groups is 1. The molecule has 1 aliphatic carbocycles. The van der Waals surface area contributed by atoms with Gasteiger partial charge in [0.05, 0.1) is 11.4 Å². The molecule has 0 saturated heterocycles. The lowest BCUT2D eigenvalue weighted by molar-refractivity contribution is 0.211. The van der Waals surface area contributed by atoms with Gasteiger partial charge in [-0.15, -0.1) is 0 Å². The first kappa shape index (κ1) is 17.3. The molecule has 0 radical (unpaired) electrons. The molecule has 3 rings (SSSR count). The van der Waals surface area contributed by atoms with Gasteiger partial charge in [0, 0.05) is 32.1 Å². The SMILES string of the molecule is CN(CCN(C)C1CC1c1ccccc1)C(=O)Nc1ccccc1N. The van der Waals surface area contributed by atoms with E-state index < -0.39 is 0 Å². The standard InChI is InChI=1S/C20H26N4O/c1-23(19-14-16(19)15-8-4-3-5-9-15)12-13-24(2)20(25)22-18-11-7-6-10-17(18)21/h3-11,16,19H,12-14,21H2,1-2H3,(H,22,25). The molecule has 5 heteroatoms. The van der Waals surface area contributed by atoms with Gasteiger partial charge in [-0.3, -0.25) is 0 Å². The Bertz CT molecular complexity index is 719. The average Bonchev–Trinajstić information content (AvgIpc) is 3.43. The Balaban J connectivity index is 1.45. The van der Waals surface area contributed by atoms with Gasteiger partial charge >= 0.3 is 6.03 Å². The fraction of sp³-hybridized carbons (Fsp3) is 0.350. The maximum atomic E-state index is 12.3. The number of benzene rings is 2. The zero-order valence-corrected chi connectivity index (χ0v) is 14.9. The summed E-state index contributed by atoms with van der Waals surface area (Å²) >= 11 is 0. The van der Waals surface area contributed by atoms with E-state index in [-0.39, 0.29) is 6.03 Å². The first-order valence-corrected chi connectivity index (χ1v) is 8.68. The molecule has 132 valence electrons. The van der Waals surface area contributed by atoms with Crippen LogP contribution in [0, 0.1) is 0 Å². The number of amides is 2. The van der Waals surface area contributed by atoms with Crippen molar-refractivity contribution in [3.63, 3.8) is 0 Å². The smallest absolute Gasteiger partial charge is 0.321 e. The Morgan fingerprint density at radius 2 is 1.76 bits per heavy atom. The van der Waals surface area contributed by atoms with Gasteiger partial charge in [-0.1, -0.05) is 42.5 Å². The highest BCUT2D eigenvalue weighted by molar-refractivity contribution is 5.92. The minimum atomic E-state index is -0.137. The molecule has 2 aromatic carbocycles. The lowest BCUT2D eigenvalue weighted by atomic mass is 10.1. The molecule has 2 atom stereocenters. The van der Waals surface area contributed by atoms with Gasteiger partial charge in [0.15, 0.2) is 0 Å². The van der Waals surface area contributed by atoms with Crippen LogP contribution in [-0.4, -0.2) is 49.1 Å². The third-order valence-electron chi connectivity index (χ3n) is 4.89. The fourth-order valence-corrected chi connectivity index (χ4v) is 3.12. The summed E-state index contributed by atoms with van der Waals surface area (Å²) < 4.78 is 0. The van der Waals surface area contributed by atoms with Crippen LogP contribution in [0.15, 0.2) is 54.6 Å². The van der Waals surface area contributed by atoms with Crippen LogP contribution in [0.5, 0.6) is 0 Å². The van der Waals surface area contributed by atoms with Crippen molar-refractivity contribution in [3.05, 3.63) is 60.2 Å². The van der Waals surface area contributed by atoms with Crippen molar-refractivity contribution in [1.29, 1.82) is 0 Å². The van der Waals surface area contributed by atoms with E-state index in [0.717, 1.165) is 6.54 Å². The molecular weight excluding hydrogens is 312 g/mol. The molecule has 0 aliphatic heterocycles. The summed E-state index contributed by atoms with van der Waals surface area (Å²) in [4.78, 5) is 16.3. The predicted octanol–water partition coefficient (Wildman–Crippen LogP) is 3.22. The van der Waals surface area contributed by atoms with Crippen LogP contribution in [0.4, 0.5) is 16.2 Å². The Kier molecular flexibility index (Phi) is 5.24. The number of nitrogen functional groups attached to an aromatic ring is 1. The zero-order valence-electron chi connectivity index (χ0n) is 14.9. The van der Waals surface area contributed by atoms with Crippen LogP contribution < -0.4 is 11.1 Å². The van der Waals surface area contributed by atoms with Gasteiger partial charge < -0.3 is 20.9 Å². The minimum Gasteiger partial charge on any atom is -0.397 e. The number of para-hydroxylation sites is 2. The van der Waals surface area contributed by atoms with Crippen molar-refractivity contribution in [2.45, 2.75) is 18.4 Å². The van der Waals surface area contributed by atoms with Crippen molar-refractivity contribution in [1.82, 2.24) is 9.80 Å². The second-order valence-electron chi connectivity index (χ2n) is 6.74. The summed E-state index contributed by atoms with van der Waals surface area (Å²) in [5.74, 6) is 0.620. The number of hydrogen-bond acceptors (Lipinski definition) is 3. The third kappa shape index (κ3) is 4.31. The Hall–Kier alpha value is -2.53. The monoisotopic (exact) mass is 338 g/mol. The third-order valence-corrected chi connectivity index (χ3v) is 4.89. The number of nitrogens with one attached hydrogen (secondary N) is 1. The van der Waals surface area contributed by atoms with Crippen LogP contribution in [0.25, 0.3) is 0 Å². The van der Waals surface area contributed by atoms with Gasteiger partial charge in [0.2, 0.25) is 0 Å². The quantitative estimate of drug-likeness (QED) is 0.795. The van der Waals surface area contributed by atoms with E-state index >= 15 is 0 Å². The van der Waals surface area contributed by atoms with Gasteiger partial charge in [-0.25, -0.2) is 4.79 Å². The van der Waals surface area contributed by atoms with Crippen molar-refractivity contribution >= 4 is 17.4 Å². The van der Waals surface area contributed by atoms with E-state index in [4.69, 9.17) is 5.73 Å². The van der Waals surface area contributed by atoms with Crippen molar-refractivity contribution < 1.29 is 4.79 Å². The highest BCUT2D eigenvalue weighted by Gasteiger charge is 2.40. The Morgan fingerprint density at radius 1 is 1.08 bits per heavy atom. The molecule has 0 bridgehead atoms. The summed E-state index contributed by atoms with van der Waals surface area (Å²) in [7, 11) is 3.94. The topological polar surface area (TPSA) is 61.6 Å². The number of hydrogen-bond donors (Lipinski definition) is 2. The summed E-state index contributed by atoms with van der Waals surface area (Å²) in [5, 5.41) is 2.86. The largest absolute Gasteiger partial charge is 0.397 e. The Morgan fingerprint density at radius 3 is 2.48 bits per heavy atom. The summed E-state index contributed by atoms with van der Waals surface area (Å²) in [6.07, 6.45) is 1.19. The number of rotatable bonds is 6. The first-order valence-electron chi connectivity index (χ1n) is 8.68. The average molecular weight is 338 g/mol. The second-order valence-corrected chi connectivity index (χ2v) is 6.74. The lowest BCUT2D eigenvalue weighted by Crippen LogP contribution is -2.38. The summed E-state index contributed by atoms with van der Waals surface area (Å²) in [5.41, 5.74) is 8.50. The number of nitrogens with two attached hydrogens (primary N) is 1. The molecule has 0 spiro atoms. The van der Waals surface area contributed by atoms with Crippen molar-refractivity contribution in [2.24, 2.45) is 0 Å². The molecule has 3 N–H and O–H groups in total. The van der Waals surface area contributed by atoms with Gasteiger partial charge in [0.25, 0.3) is 0 Å². The molecule has 0 aromatic heterocycles. The highest BCUT2D eigenvalue weighted by Crippen LogP contribution is 2.43. The molecule has 1 saturated carbocycles. The van der Waals surface area contributed by atoms with E-state index in [1.165, 1.54) is 12.0 Å². The Labute approximate surface area is 149 Å². The highest BCUT2D eigenvalue weighted by atomic mass is 16.2. The number of nitrogens with zero attached hydrogens (tertiary/aromatic N) is 2. The van der Waals surface area contributed by atoms with E-state index in [2.05, 4.69) is 47.6 Å². The summed E-state index contributed by atoms with van der Waals surface area (Å²) in [6.45, 7) is 1.52. The number of carbonyl (C=O) groups excluding carboxylic acids is 1. The van der Waals surface area contributed by atoms with E-state index in [1.807, 2.05) is 25.2 Å². The maximum Gasteiger partial charge on any atom is 0.321 e.